The molecule has 0 saturated heterocycles. The number of hydrogen-bond donors (Lipinski definition) is 0. The number of esters is 1. The fourth-order valence-corrected chi connectivity index (χ4v) is 2.93. The molecule has 2 heterocycles. The highest BCUT2D eigenvalue weighted by Crippen LogP contribution is 2.26. The van der Waals surface area contributed by atoms with Crippen LogP contribution in [-0.2, 0) is 16.6 Å². The lowest BCUT2D eigenvalue weighted by molar-refractivity contribution is -0.137. The number of carbonyl (C=O) groups is 1. The van der Waals surface area contributed by atoms with Crippen LogP contribution in [0.5, 0.6) is 0 Å². The molecule has 5 nitrogen and oxygen atoms in total. The van der Waals surface area contributed by atoms with Crippen molar-refractivity contribution in [3.8, 4) is 5.82 Å². The third-order valence-electron chi connectivity index (χ3n) is 3.98. The predicted molar refractivity (Wildman–Crippen MR) is 95.2 cm³/mol. The number of aryl methyl sites for hydroxylation is 3. The standard InChI is InChI=1S/C19H21N3O2/c1-5-24-18(23)9-7-16-14(3)20-21(4)19(16)22-11-10-15-12-13(2)6-8-17(15)22/h6-12H,5H2,1-4H3. The number of carbonyl (C=O) groups excluding carboxylic acids is 1. The highest BCUT2D eigenvalue weighted by molar-refractivity contribution is 5.89. The Morgan fingerprint density at radius 2 is 2.08 bits per heavy atom. The fraction of sp³-hybridized carbons (Fsp3) is 0.263. The van der Waals surface area contributed by atoms with Gasteiger partial charge in [-0.15, -0.1) is 0 Å². The molecular formula is C19H21N3O2. The molecule has 0 saturated carbocycles. The lowest BCUT2D eigenvalue weighted by Gasteiger charge is -2.08. The fourth-order valence-electron chi connectivity index (χ4n) is 2.93. The molecule has 0 unspecified atom stereocenters. The molecule has 3 rings (SSSR count). The van der Waals surface area contributed by atoms with Crippen LogP contribution in [0.3, 0.4) is 0 Å². The first-order chi connectivity index (χ1) is 11.5. The largest absolute Gasteiger partial charge is 0.463 e. The van der Waals surface area contributed by atoms with Crippen molar-refractivity contribution >= 4 is 22.9 Å². The molecule has 2 aromatic heterocycles. The van der Waals surface area contributed by atoms with Crippen molar-refractivity contribution in [2.75, 3.05) is 6.61 Å². The summed E-state index contributed by atoms with van der Waals surface area (Å²) in [5.41, 5.74) is 4.10. The molecule has 0 fully saturated rings. The van der Waals surface area contributed by atoms with Crippen molar-refractivity contribution < 1.29 is 9.53 Å². The third kappa shape index (κ3) is 2.85. The first-order valence-electron chi connectivity index (χ1n) is 7.97. The maximum atomic E-state index is 11.6. The normalized spacial score (nSPS) is 11.5. The van der Waals surface area contributed by atoms with Crippen molar-refractivity contribution in [1.82, 2.24) is 14.3 Å². The second-order valence-corrected chi connectivity index (χ2v) is 5.78. The average molecular weight is 323 g/mol. The maximum absolute atomic E-state index is 11.6. The molecule has 1 aromatic carbocycles. The minimum atomic E-state index is -0.348. The van der Waals surface area contributed by atoms with Gasteiger partial charge in [-0.05, 0) is 45.0 Å². The lowest BCUT2D eigenvalue weighted by atomic mass is 10.2. The lowest BCUT2D eigenvalue weighted by Crippen LogP contribution is -2.03. The zero-order valence-electron chi connectivity index (χ0n) is 14.4. The van der Waals surface area contributed by atoms with Crippen molar-refractivity contribution in [3.63, 3.8) is 0 Å². The van der Waals surface area contributed by atoms with Crippen molar-refractivity contribution in [2.45, 2.75) is 20.8 Å². The van der Waals surface area contributed by atoms with Gasteiger partial charge in [0.25, 0.3) is 0 Å². The average Bonchev–Trinajstić information content (AvgIpc) is 3.05. The highest BCUT2D eigenvalue weighted by atomic mass is 16.5. The van der Waals surface area contributed by atoms with Crippen LogP contribution in [0, 0.1) is 13.8 Å². The molecule has 0 radical (unpaired) electrons. The number of rotatable bonds is 4. The second kappa shape index (κ2) is 6.35. The van der Waals surface area contributed by atoms with Crippen LogP contribution < -0.4 is 0 Å². The van der Waals surface area contributed by atoms with Crippen LogP contribution in [0.4, 0.5) is 0 Å². The summed E-state index contributed by atoms with van der Waals surface area (Å²) in [5.74, 6) is 0.576. The summed E-state index contributed by atoms with van der Waals surface area (Å²) < 4.78 is 8.89. The Morgan fingerprint density at radius 1 is 1.29 bits per heavy atom. The van der Waals surface area contributed by atoms with E-state index in [2.05, 4.69) is 40.9 Å². The van der Waals surface area contributed by atoms with Crippen LogP contribution in [0.1, 0.15) is 23.7 Å². The van der Waals surface area contributed by atoms with E-state index in [1.807, 2.05) is 24.9 Å². The molecule has 0 amide bonds. The first kappa shape index (κ1) is 16.1. The third-order valence-corrected chi connectivity index (χ3v) is 3.98. The van der Waals surface area contributed by atoms with Crippen LogP contribution in [0.2, 0.25) is 0 Å². The van der Waals surface area contributed by atoms with E-state index in [-0.39, 0.29) is 5.97 Å². The van der Waals surface area contributed by atoms with Gasteiger partial charge in [-0.25, -0.2) is 4.79 Å². The molecule has 3 aromatic rings. The molecule has 0 bridgehead atoms. The Morgan fingerprint density at radius 3 is 2.83 bits per heavy atom. The van der Waals surface area contributed by atoms with Gasteiger partial charge in [0, 0.05) is 30.3 Å². The Hall–Kier alpha value is -2.82. The van der Waals surface area contributed by atoms with Gasteiger partial charge in [0.1, 0.15) is 5.82 Å². The topological polar surface area (TPSA) is 49.0 Å². The minimum absolute atomic E-state index is 0.348. The van der Waals surface area contributed by atoms with Gasteiger partial charge < -0.3 is 9.30 Å². The van der Waals surface area contributed by atoms with Crippen LogP contribution in [0.25, 0.3) is 22.8 Å². The second-order valence-electron chi connectivity index (χ2n) is 5.78. The summed E-state index contributed by atoms with van der Waals surface area (Å²) >= 11 is 0. The minimum Gasteiger partial charge on any atom is -0.463 e. The van der Waals surface area contributed by atoms with Crippen molar-refractivity contribution in [2.24, 2.45) is 7.05 Å². The summed E-state index contributed by atoms with van der Waals surface area (Å²) in [6.45, 7) is 6.17. The number of nitrogens with zero attached hydrogens (tertiary/aromatic N) is 3. The molecule has 0 aliphatic rings. The summed E-state index contributed by atoms with van der Waals surface area (Å²) in [4.78, 5) is 11.6. The summed E-state index contributed by atoms with van der Waals surface area (Å²) in [6.07, 6.45) is 5.25. The summed E-state index contributed by atoms with van der Waals surface area (Å²) in [5, 5.41) is 5.68. The van der Waals surface area contributed by atoms with Crippen LogP contribution in [-0.4, -0.2) is 26.9 Å². The Kier molecular flexibility index (Phi) is 4.25. The van der Waals surface area contributed by atoms with Crippen molar-refractivity contribution in [1.29, 1.82) is 0 Å². The number of fused-ring (bicyclic) bond motifs is 1. The molecule has 5 heteroatoms. The quantitative estimate of drug-likeness (QED) is 0.545. The summed E-state index contributed by atoms with van der Waals surface area (Å²) in [7, 11) is 1.91. The molecular weight excluding hydrogens is 302 g/mol. The van der Waals surface area contributed by atoms with Gasteiger partial charge in [0.05, 0.1) is 17.8 Å². The van der Waals surface area contributed by atoms with Crippen molar-refractivity contribution in [3.05, 3.63) is 53.4 Å². The van der Waals surface area contributed by atoms with E-state index in [0.29, 0.717) is 6.61 Å². The van der Waals surface area contributed by atoms with Crippen LogP contribution in [0.15, 0.2) is 36.5 Å². The van der Waals surface area contributed by atoms with Gasteiger partial charge in [-0.2, -0.15) is 5.10 Å². The number of hydrogen-bond acceptors (Lipinski definition) is 3. The molecule has 0 spiro atoms. The number of benzene rings is 1. The molecule has 0 atom stereocenters. The maximum Gasteiger partial charge on any atom is 0.330 e. The Labute approximate surface area is 141 Å². The zero-order chi connectivity index (χ0) is 17.3. The van der Waals surface area contributed by atoms with E-state index < -0.39 is 0 Å². The van der Waals surface area contributed by atoms with E-state index in [0.717, 1.165) is 22.6 Å². The van der Waals surface area contributed by atoms with E-state index in [9.17, 15) is 4.79 Å². The number of aromatic nitrogens is 3. The van der Waals surface area contributed by atoms with Gasteiger partial charge >= 0.3 is 5.97 Å². The van der Waals surface area contributed by atoms with E-state index >= 15 is 0 Å². The molecule has 0 aliphatic heterocycles. The van der Waals surface area contributed by atoms with E-state index in [4.69, 9.17) is 4.74 Å². The highest BCUT2D eigenvalue weighted by Gasteiger charge is 2.15. The molecule has 124 valence electrons. The van der Waals surface area contributed by atoms with Crippen LogP contribution >= 0.6 is 0 Å². The first-order valence-corrected chi connectivity index (χ1v) is 7.97. The molecule has 24 heavy (non-hydrogen) atoms. The van der Waals surface area contributed by atoms with Gasteiger partial charge in [0.15, 0.2) is 0 Å². The Balaban J connectivity index is 2.12. The molecule has 0 N–H and O–H groups in total. The van der Waals surface area contributed by atoms with Gasteiger partial charge in [-0.3, -0.25) is 4.68 Å². The zero-order valence-corrected chi connectivity index (χ0v) is 14.4. The van der Waals surface area contributed by atoms with E-state index in [1.54, 1.807) is 13.0 Å². The summed E-state index contributed by atoms with van der Waals surface area (Å²) in [6, 6.07) is 8.44. The Bertz CT molecular complexity index is 932. The van der Waals surface area contributed by atoms with E-state index in [1.165, 1.54) is 17.0 Å². The van der Waals surface area contributed by atoms with Gasteiger partial charge in [-0.1, -0.05) is 11.6 Å². The monoisotopic (exact) mass is 323 g/mol. The smallest absolute Gasteiger partial charge is 0.330 e. The molecule has 0 aliphatic carbocycles. The van der Waals surface area contributed by atoms with Gasteiger partial charge in [0.2, 0.25) is 0 Å². The predicted octanol–water partition coefficient (Wildman–Crippen LogP) is 3.56. The SMILES string of the molecule is CCOC(=O)C=Cc1c(C)nn(C)c1-n1ccc2cc(C)ccc21. The number of ether oxygens (including phenoxy) is 1.